The molecule has 2 N–H and O–H groups in total. The number of benzene rings is 1. The van der Waals surface area contributed by atoms with Gasteiger partial charge in [-0.05, 0) is 32.0 Å². The zero-order valence-electron chi connectivity index (χ0n) is 10.1. The van der Waals surface area contributed by atoms with Crippen molar-refractivity contribution in [2.75, 3.05) is 5.73 Å². The van der Waals surface area contributed by atoms with Gasteiger partial charge in [0.2, 0.25) is 5.88 Å². The standard InChI is InChI=1S/C13H12N4O/c1-8-12(15)16-9(2)17-13(8)18-11-5-3-4-10(6-11)7-14/h3-6H,1-2H3,(H2,15,16,17). The molecule has 0 radical (unpaired) electrons. The number of nitriles is 1. The lowest BCUT2D eigenvalue weighted by molar-refractivity contribution is 0.456. The maximum absolute atomic E-state index is 8.82. The first-order valence-corrected chi connectivity index (χ1v) is 5.39. The third-order valence-electron chi connectivity index (χ3n) is 2.43. The van der Waals surface area contributed by atoms with Crippen LogP contribution in [0.25, 0.3) is 0 Å². The Morgan fingerprint density at radius 1 is 1.28 bits per heavy atom. The third-order valence-corrected chi connectivity index (χ3v) is 2.43. The molecule has 0 saturated carbocycles. The van der Waals surface area contributed by atoms with Crippen molar-refractivity contribution in [2.45, 2.75) is 13.8 Å². The van der Waals surface area contributed by atoms with Gasteiger partial charge in [0, 0.05) is 0 Å². The highest BCUT2D eigenvalue weighted by atomic mass is 16.5. The molecular weight excluding hydrogens is 228 g/mol. The van der Waals surface area contributed by atoms with Gasteiger partial charge in [0.15, 0.2) is 0 Å². The summed E-state index contributed by atoms with van der Waals surface area (Å²) < 4.78 is 5.63. The summed E-state index contributed by atoms with van der Waals surface area (Å²) in [4.78, 5) is 8.23. The van der Waals surface area contributed by atoms with E-state index >= 15 is 0 Å². The summed E-state index contributed by atoms with van der Waals surface area (Å²) >= 11 is 0. The molecule has 0 amide bonds. The highest BCUT2D eigenvalue weighted by Gasteiger charge is 2.09. The van der Waals surface area contributed by atoms with Crippen LogP contribution in [0.5, 0.6) is 11.6 Å². The topological polar surface area (TPSA) is 84.8 Å². The number of hydrogen-bond acceptors (Lipinski definition) is 5. The molecule has 1 aromatic heterocycles. The molecule has 0 saturated heterocycles. The number of nitrogens with two attached hydrogens (primary N) is 1. The molecular formula is C13H12N4O. The second-order valence-corrected chi connectivity index (χ2v) is 3.83. The number of rotatable bonds is 2. The monoisotopic (exact) mass is 240 g/mol. The van der Waals surface area contributed by atoms with E-state index in [2.05, 4.69) is 16.0 Å². The minimum absolute atomic E-state index is 0.397. The van der Waals surface area contributed by atoms with Gasteiger partial charge < -0.3 is 10.5 Å². The van der Waals surface area contributed by atoms with Gasteiger partial charge >= 0.3 is 0 Å². The van der Waals surface area contributed by atoms with Crippen molar-refractivity contribution in [2.24, 2.45) is 0 Å². The molecule has 90 valence electrons. The van der Waals surface area contributed by atoms with Crippen molar-refractivity contribution in [3.63, 3.8) is 0 Å². The molecule has 5 heteroatoms. The van der Waals surface area contributed by atoms with Crippen molar-refractivity contribution in [3.05, 3.63) is 41.2 Å². The smallest absolute Gasteiger partial charge is 0.227 e. The van der Waals surface area contributed by atoms with Crippen LogP contribution in [0, 0.1) is 25.2 Å². The van der Waals surface area contributed by atoms with Crippen LogP contribution in [-0.2, 0) is 0 Å². The Hall–Kier alpha value is -2.61. The quantitative estimate of drug-likeness (QED) is 0.870. The van der Waals surface area contributed by atoms with Gasteiger partial charge in [0.05, 0.1) is 17.2 Å². The van der Waals surface area contributed by atoms with Crippen LogP contribution in [0.4, 0.5) is 5.82 Å². The van der Waals surface area contributed by atoms with Crippen LogP contribution in [0.15, 0.2) is 24.3 Å². The van der Waals surface area contributed by atoms with Crippen LogP contribution in [0.2, 0.25) is 0 Å². The molecule has 2 aromatic rings. The summed E-state index contributed by atoms with van der Waals surface area (Å²) in [7, 11) is 0. The zero-order valence-corrected chi connectivity index (χ0v) is 10.1. The summed E-state index contributed by atoms with van der Waals surface area (Å²) in [6.07, 6.45) is 0. The summed E-state index contributed by atoms with van der Waals surface area (Å²) in [5.74, 6) is 1.91. The summed E-state index contributed by atoms with van der Waals surface area (Å²) in [5, 5.41) is 8.82. The van der Waals surface area contributed by atoms with Crippen molar-refractivity contribution in [1.29, 1.82) is 5.26 Å². The summed E-state index contributed by atoms with van der Waals surface area (Å²) in [6.45, 7) is 3.53. The van der Waals surface area contributed by atoms with E-state index in [9.17, 15) is 0 Å². The molecule has 0 atom stereocenters. The SMILES string of the molecule is Cc1nc(N)c(C)c(Oc2cccc(C#N)c2)n1. The fourth-order valence-electron chi connectivity index (χ4n) is 1.46. The molecule has 0 bridgehead atoms. The normalized spacial score (nSPS) is 9.83. The Kier molecular flexibility index (Phi) is 3.11. The molecule has 2 rings (SSSR count). The molecule has 0 aliphatic rings. The largest absolute Gasteiger partial charge is 0.439 e. The van der Waals surface area contributed by atoms with Crippen molar-refractivity contribution < 1.29 is 4.74 Å². The van der Waals surface area contributed by atoms with Gasteiger partial charge in [-0.15, -0.1) is 0 Å². The predicted molar refractivity (Wildman–Crippen MR) is 67.1 cm³/mol. The van der Waals surface area contributed by atoms with E-state index in [1.165, 1.54) is 0 Å². The average Bonchev–Trinajstić information content (AvgIpc) is 2.35. The molecule has 0 fully saturated rings. The van der Waals surface area contributed by atoms with Crippen LogP contribution >= 0.6 is 0 Å². The number of anilines is 1. The second kappa shape index (κ2) is 4.72. The maximum Gasteiger partial charge on any atom is 0.227 e. The molecule has 0 spiro atoms. The van der Waals surface area contributed by atoms with E-state index in [-0.39, 0.29) is 0 Å². The zero-order chi connectivity index (χ0) is 13.1. The molecule has 0 aliphatic carbocycles. The van der Waals surface area contributed by atoms with Crippen LogP contribution in [-0.4, -0.2) is 9.97 Å². The fourth-order valence-corrected chi connectivity index (χ4v) is 1.46. The van der Waals surface area contributed by atoms with Crippen LogP contribution in [0.1, 0.15) is 17.0 Å². The Labute approximate surface area is 105 Å². The first kappa shape index (κ1) is 11.9. The lowest BCUT2D eigenvalue weighted by atomic mass is 10.2. The Morgan fingerprint density at radius 3 is 2.78 bits per heavy atom. The minimum atomic E-state index is 0.397. The van der Waals surface area contributed by atoms with E-state index in [0.29, 0.717) is 34.4 Å². The second-order valence-electron chi connectivity index (χ2n) is 3.83. The van der Waals surface area contributed by atoms with Gasteiger partial charge in [-0.1, -0.05) is 6.07 Å². The number of nitrogen functional groups attached to an aromatic ring is 1. The third kappa shape index (κ3) is 2.38. The van der Waals surface area contributed by atoms with E-state index in [1.807, 2.05) is 0 Å². The van der Waals surface area contributed by atoms with E-state index in [4.69, 9.17) is 15.7 Å². The highest BCUT2D eigenvalue weighted by molar-refractivity contribution is 5.46. The Morgan fingerprint density at radius 2 is 2.06 bits per heavy atom. The predicted octanol–water partition coefficient (Wildman–Crippen LogP) is 2.34. The summed E-state index contributed by atoms with van der Waals surface area (Å²) in [6, 6.07) is 8.92. The molecule has 1 heterocycles. The first-order valence-electron chi connectivity index (χ1n) is 5.39. The molecule has 1 aromatic carbocycles. The fraction of sp³-hybridized carbons (Fsp3) is 0.154. The van der Waals surface area contributed by atoms with E-state index in [0.717, 1.165) is 0 Å². The van der Waals surface area contributed by atoms with Crippen molar-refractivity contribution in [3.8, 4) is 17.7 Å². The molecule has 0 unspecified atom stereocenters. The average molecular weight is 240 g/mol. The number of hydrogen-bond donors (Lipinski definition) is 1. The number of aryl methyl sites for hydroxylation is 1. The van der Waals surface area contributed by atoms with Crippen molar-refractivity contribution >= 4 is 5.82 Å². The van der Waals surface area contributed by atoms with Crippen LogP contribution < -0.4 is 10.5 Å². The maximum atomic E-state index is 8.82. The van der Waals surface area contributed by atoms with Crippen LogP contribution in [0.3, 0.4) is 0 Å². The van der Waals surface area contributed by atoms with Gasteiger partial charge in [0.1, 0.15) is 17.4 Å². The Balaban J connectivity index is 2.37. The number of ether oxygens (including phenoxy) is 1. The molecule has 18 heavy (non-hydrogen) atoms. The number of aromatic nitrogens is 2. The number of nitrogens with zero attached hydrogens (tertiary/aromatic N) is 3. The van der Waals surface area contributed by atoms with E-state index in [1.54, 1.807) is 38.1 Å². The molecule has 5 nitrogen and oxygen atoms in total. The van der Waals surface area contributed by atoms with Crippen molar-refractivity contribution in [1.82, 2.24) is 9.97 Å². The van der Waals surface area contributed by atoms with E-state index < -0.39 is 0 Å². The minimum Gasteiger partial charge on any atom is -0.439 e. The van der Waals surface area contributed by atoms with Gasteiger partial charge in [-0.2, -0.15) is 10.2 Å². The highest BCUT2D eigenvalue weighted by Crippen LogP contribution is 2.25. The summed E-state index contributed by atoms with van der Waals surface area (Å²) in [5.41, 5.74) is 6.96. The molecule has 0 aliphatic heterocycles. The van der Waals surface area contributed by atoms with Gasteiger partial charge in [-0.25, -0.2) is 4.98 Å². The first-order chi connectivity index (χ1) is 8.60. The van der Waals surface area contributed by atoms with Gasteiger partial charge in [0.25, 0.3) is 0 Å². The lowest BCUT2D eigenvalue weighted by Crippen LogP contribution is -2.02. The Bertz CT molecular complexity index is 631. The van der Waals surface area contributed by atoms with Gasteiger partial charge in [-0.3, -0.25) is 0 Å². The lowest BCUT2D eigenvalue weighted by Gasteiger charge is -2.09.